The third-order valence-corrected chi connectivity index (χ3v) is 4.01. The number of carbonyl (C=O) groups is 1. The van der Waals surface area contributed by atoms with Gasteiger partial charge in [-0.3, -0.25) is 4.79 Å². The fourth-order valence-electron chi connectivity index (χ4n) is 2.70. The number of halogens is 3. The summed E-state index contributed by atoms with van der Waals surface area (Å²) in [6.07, 6.45) is 3.54. The standard InChI is InChI=1S/C14H24ClF2NO/c1-2-4-11(6-8-15)10-18-13(19)12-5-3-7-14(16,17)9-12/h11-12H,2-10H2,1H3,(H,18,19). The average molecular weight is 296 g/mol. The van der Waals surface area contributed by atoms with Crippen molar-refractivity contribution in [1.82, 2.24) is 5.32 Å². The minimum atomic E-state index is -2.67. The molecule has 0 saturated heterocycles. The molecule has 1 fully saturated rings. The topological polar surface area (TPSA) is 29.1 Å². The second-order valence-corrected chi connectivity index (χ2v) is 5.90. The van der Waals surface area contributed by atoms with E-state index in [1.165, 1.54) is 0 Å². The normalized spacial score (nSPS) is 23.9. The molecule has 2 atom stereocenters. The third kappa shape index (κ3) is 6.07. The molecule has 0 aromatic rings. The highest BCUT2D eigenvalue weighted by molar-refractivity contribution is 6.17. The highest BCUT2D eigenvalue weighted by atomic mass is 35.5. The molecule has 1 aliphatic carbocycles. The Balaban J connectivity index is 2.37. The number of carbonyl (C=O) groups excluding carboxylic acids is 1. The quantitative estimate of drug-likeness (QED) is 0.707. The molecule has 1 N–H and O–H groups in total. The monoisotopic (exact) mass is 295 g/mol. The van der Waals surface area contributed by atoms with Gasteiger partial charge in [-0.2, -0.15) is 0 Å². The summed E-state index contributed by atoms with van der Waals surface area (Å²) in [5.74, 6) is -2.48. The molecule has 0 radical (unpaired) electrons. The Morgan fingerprint density at radius 3 is 2.79 bits per heavy atom. The van der Waals surface area contributed by atoms with Crippen molar-refractivity contribution in [1.29, 1.82) is 0 Å². The second-order valence-electron chi connectivity index (χ2n) is 5.53. The molecular weight excluding hydrogens is 272 g/mol. The van der Waals surface area contributed by atoms with Crippen molar-refractivity contribution < 1.29 is 13.6 Å². The minimum absolute atomic E-state index is 0.0819. The number of amides is 1. The Morgan fingerprint density at radius 1 is 1.47 bits per heavy atom. The number of nitrogens with one attached hydrogen (secondary N) is 1. The summed E-state index contributed by atoms with van der Waals surface area (Å²) in [6, 6.07) is 0. The van der Waals surface area contributed by atoms with Crippen LogP contribution in [0, 0.1) is 11.8 Å². The Kier molecular flexibility index (Phi) is 7.05. The second kappa shape index (κ2) is 8.03. The molecule has 2 nitrogen and oxygen atoms in total. The molecule has 1 aliphatic rings. The van der Waals surface area contributed by atoms with Gasteiger partial charge < -0.3 is 5.32 Å². The van der Waals surface area contributed by atoms with Crippen molar-refractivity contribution in [2.45, 2.75) is 57.8 Å². The SMILES string of the molecule is CCCC(CCCl)CNC(=O)C1CCCC(F)(F)C1. The Bertz CT molecular complexity index is 281. The molecular formula is C14H24ClF2NO. The van der Waals surface area contributed by atoms with Gasteiger partial charge in [-0.15, -0.1) is 11.6 Å². The molecule has 1 saturated carbocycles. The van der Waals surface area contributed by atoms with Crippen LogP contribution in [0.1, 0.15) is 51.9 Å². The van der Waals surface area contributed by atoms with Crippen molar-refractivity contribution in [3.63, 3.8) is 0 Å². The van der Waals surface area contributed by atoms with Gasteiger partial charge in [0.2, 0.25) is 11.8 Å². The summed E-state index contributed by atoms with van der Waals surface area (Å²) in [7, 11) is 0. The van der Waals surface area contributed by atoms with Crippen LogP contribution in [0.3, 0.4) is 0 Å². The van der Waals surface area contributed by atoms with Crippen LogP contribution >= 0.6 is 11.6 Å². The lowest BCUT2D eigenvalue weighted by Crippen LogP contribution is -2.39. The lowest BCUT2D eigenvalue weighted by molar-refractivity contribution is -0.132. The van der Waals surface area contributed by atoms with E-state index in [4.69, 9.17) is 11.6 Å². The first-order valence-electron chi connectivity index (χ1n) is 7.20. The van der Waals surface area contributed by atoms with Gasteiger partial charge in [0.15, 0.2) is 0 Å². The first-order chi connectivity index (χ1) is 8.98. The molecule has 19 heavy (non-hydrogen) atoms. The molecule has 1 amide bonds. The van der Waals surface area contributed by atoms with Crippen LogP contribution in [0.5, 0.6) is 0 Å². The van der Waals surface area contributed by atoms with Gasteiger partial charge in [0.25, 0.3) is 0 Å². The van der Waals surface area contributed by atoms with Crippen LogP contribution in [0.25, 0.3) is 0 Å². The van der Waals surface area contributed by atoms with E-state index in [1.54, 1.807) is 0 Å². The molecule has 0 aliphatic heterocycles. The molecule has 1 rings (SSSR count). The lowest BCUT2D eigenvalue weighted by atomic mass is 9.86. The number of alkyl halides is 3. The smallest absolute Gasteiger partial charge is 0.248 e. The van der Waals surface area contributed by atoms with E-state index in [2.05, 4.69) is 12.2 Å². The molecule has 0 aromatic carbocycles. The molecule has 112 valence electrons. The summed E-state index contributed by atoms with van der Waals surface area (Å²) in [5.41, 5.74) is 0. The molecule has 5 heteroatoms. The Hall–Kier alpha value is -0.380. The average Bonchev–Trinajstić information content (AvgIpc) is 2.35. The molecule has 0 heterocycles. The van der Waals surface area contributed by atoms with Gasteiger partial charge in [-0.1, -0.05) is 13.3 Å². The first-order valence-corrected chi connectivity index (χ1v) is 7.73. The summed E-state index contributed by atoms with van der Waals surface area (Å²) >= 11 is 5.72. The van der Waals surface area contributed by atoms with E-state index in [1.807, 2.05) is 0 Å². The van der Waals surface area contributed by atoms with Crippen molar-refractivity contribution in [3.05, 3.63) is 0 Å². The molecule has 0 aromatic heterocycles. The molecule has 0 bridgehead atoms. The zero-order valence-electron chi connectivity index (χ0n) is 11.6. The van der Waals surface area contributed by atoms with Gasteiger partial charge in [0.05, 0.1) is 0 Å². The third-order valence-electron chi connectivity index (χ3n) is 3.79. The van der Waals surface area contributed by atoms with Gasteiger partial charge in [-0.25, -0.2) is 8.78 Å². The largest absolute Gasteiger partial charge is 0.356 e. The Morgan fingerprint density at radius 2 is 2.21 bits per heavy atom. The first kappa shape index (κ1) is 16.7. The number of rotatable bonds is 7. The van der Waals surface area contributed by atoms with E-state index in [-0.39, 0.29) is 18.7 Å². The maximum absolute atomic E-state index is 13.3. The highest BCUT2D eigenvalue weighted by Gasteiger charge is 2.39. The van der Waals surface area contributed by atoms with E-state index in [0.717, 1.165) is 19.3 Å². The van der Waals surface area contributed by atoms with Gasteiger partial charge in [0.1, 0.15) is 0 Å². The lowest BCUT2D eigenvalue weighted by Gasteiger charge is -2.28. The molecule has 2 unspecified atom stereocenters. The predicted octanol–water partition coefficient (Wildman–Crippen LogP) is 3.97. The maximum atomic E-state index is 13.3. The van der Waals surface area contributed by atoms with E-state index in [0.29, 0.717) is 31.2 Å². The zero-order chi connectivity index (χ0) is 14.3. The summed E-state index contributed by atoms with van der Waals surface area (Å²) in [4.78, 5) is 11.9. The van der Waals surface area contributed by atoms with Crippen LogP contribution in [-0.2, 0) is 4.79 Å². The van der Waals surface area contributed by atoms with Gasteiger partial charge >= 0.3 is 0 Å². The zero-order valence-corrected chi connectivity index (χ0v) is 12.3. The number of hydrogen-bond acceptors (Lipinski definition) is 1. The Labute approximate surface area is 119 Å². The van der Waals surface area contributed by atoms with Crippen LogP contribution in [-0.4, -0.2) is 24.3 Å². The maximum Gasteiger partial charge on any atom is 0.248 e. The summed E-state index contributed by atoms with van der Waals surface area (Å²) in [6.45, 7) is 2.65. The minimum Gasteiger partial charge on any atom is -0.356 e. The van der Waals surface area contributed by atoms with E-state index < -0.39 is 11.8 Å². The highest BCUT2D eigenvalue weighted by Crippen LogP contribution is 2.36. The van der Waals surface area contributed by atoms with Crippen molar-refractivity contribution in [3.8, 4) is 0 Å². The van der Waals surface area contributed by atoms with E-state index in [9.17, 15) is 13.6 Å². The van der Waals surface area contributed by atoms with Crippen LogP contribution in [0.4, 0.5) is 8.78 Å². The van der Waals surface area contributed by atoms with Crippen molar-refractivity contribution in [2.24, 2.45) is 11.8 Å². The van der Waals surface area contributed by atoms with Crippen molar-refractivity contribution >= 4 is 17.5 Å². The van der Waals surface area contributed by atoms with Crippen LogP contribution in [0.2, 0.25) is 0 Å². The van der Waals surface area contributed by atoms with Crippen LogP contribution in [0.15, 0.2) is 0 Å². The summed E-state index contributed by atoms with van der Waals surface area (Å²) in [5, 5.41) is 2.83. The fraction of sp³-hybridized carbons (Fsp3) is 0.929. The number of hydrogen-bond donors (Lipinski definition) is 1. The van der Waals surface area contributed by atoms with Crippen LogP contribution < -0.4 is 5.32 Å². The van der Waals surface area contributed by atoms with E-state index >= 15 is 0 Å². The van der Waals surface area contributed by atoms with Gasteiger partial charge in [0, 0.05) is 31.2 Å². The van der Waals surface area contributed by atoms with Crippen molar-refractivity contribution in [2.75, 3.05) is 12.4 Å². The fourth-order valence-corrected chi connectivity index (χ4v) is 3.00. The van der Waals surface area contributed by atoms with Gasteiger partial charge in [-0.05, 0) is 31.6 Å². The molecule has 0 spiro atoms. The predicted molar refractivity (Wildman–Crippen MR) is 73.6 cm³/mol. The summed E-state index contributed by atoms with van der Waals surface area (Å²) < 4.78 is 26.5.